The van der Waals surface area contributed by atoms with E-state index in [1.54, 1.807) is 6.07 Å². The third-order valence-corrected chi connectivity index (χ3v) is 6.04. The molecule has 2 aliphatic rings. The number of nitrogens with one attached hydrogen (secondary N) is 1. The van der Waals surface area contributed by atoms with E-state index in [1.807, 2.05) is 0 Å². The molecular weight excluding hydrogens is 373 g/mol. The first-order valence-electron chi connectivity index (χ1n) is 8.87. The minimum Gasteiger partial charge on any atom is -0.493 e. The standard InChI is InChI=1S/C19H20FNO5S/c20-13-4-6-17-15(11-13)16(3-1-8-24-17)21-27(22,23)14-5-7-18-19(12-14)26-10-2-9-25-18/h4-7,11-12,16,21H,1-3,8-10H2/t16-/m1/s1. The fraction of sp³-hybridized carbons (Fsp3) is 0.368. The molecule has 0 radical (unpaired) electrons. The van der Waals surface area contributed by atoms with Crippen molar-refractivity contribution < 1.29 is 27.0 Å². The number of rotatable bonds is 3. The molecule has 4 rings (SSSR count). The largest absolute Gasteiger partial charge is 0.493 e. The highest BCUT2D eigenvalue weighted by atomic mass is 32.2. The van der Waals surface area contributed by atoms with Crippen molar-refractivity contribution in [2.75, 3.05) is 19.8 Å². The van der Waals surface area contributed by atoms with Crippen molar-refractivity contribution in [1.29, 1.82) is 0 Å². The van der Waals surface area contributed by atoms with Crippen LogP contribution in [0.2, 0.25) is 0 Å². The summed E-state index contributed by atoms with van der Waals surface area (Å²) in [7, 11) is -3.84. The first-order valence-corrected chi connectivity index (χ1v) is 10.4. The zero-order chi connectivity index (χ0) is 18.9. The molecule has 0 bridgehead atoms. The lowest BCUT2D eigenvalue weighted by molar-refractivity contribution is 0.297. The molecule has 0 saturated heterocycles. The number of benzene rings is 2. The maximum absolute atomic E-state index is 13.7. The first kappa shape index (κ1) is 18.1. The predicted octanol–water partition coefficient (Wildman–Crippen LogP) is 3.18. The molecular formula is C19H20FNO5S. The SMILES string of the molecule is O=S(=O)(N[C@@H]1CCCOc2ccc(F)cc21)c1ccc2c(c1)OCCCO2. The Balaban J connectivity index is 1.64. The zero-order valence-electron chi connectivity index (χ0n) is 14.6. The average molecular weight is 393 g/mol. The summed E-state index contributed by atoms with van der Waals surface area (Å²) in [6.45, 7) is 1.46. The Morgan fingerprint density at radius 1 is 0.889 bits per heavy atom. The number of hydrogen-bond acceptors (Lipinski definition) is 5. The quantitative estimate of drug-likeness (QED) is 0.867. The molecule has 1 N–H and O–H groups in total. The second-order valence-corrected chi connectivity index (χ2v) is 8.22. The van der Waals surface area contributed by atoms with Crippen LogP contribution in [-0.4, -0.2) is 28.2 Å². The van der Waals surface area contributed by atoms with Crippen LogP contribution >= 0.6 is 0 Å². The second-order valence-electron chi connectivity index (χ2n) is 6.51. The van der Waals surface area contributed by atoms with Crippen molar-refractivity contribution in [2.45, 2.75) is 30.2 Å². The number of ether oxygens (including phenoxy) is 3. The molecule has 0 unspecified atom stereocenters. The van der Waals surface area contributed by atoms with Gasteiger partial charge in [-0.05, 0) is 43.2 Å². The maximum atomic E-state index is 13.7. The summed E-state index contributed by atoms with van der Waals surface area (Å²) in [6.07, 6.45) is 1.91. The normalized spacial score (nSPS) is 19.4. The molecule has 0 aliphatic carbocycles. The molecule has 1 atom stereocenters. The van der Waals surface area contributed by atoms with E-state index < -0.39 is 21.9 Å². The Morgan fingerprint density at radius 2 is 1.59 bits per heavy atom. The molecule has 0 fully saturated rings. The minimum atomic E-state index is -3.84. The van der Waals surface area contributed by atoms with Gasteiger partial charge >= 0.3 is 0 Å². The highest BCUT2D eigenvalue weighted by Gasteiger charge is 2.27. The molecule has 144 valence electrons. The lowest BCUT2D eigenvalue weighted by Gasteiger charge is -2.19. The number of halogens is 1. The molecule has 0 amide bonds. The Hall–Kier alpha value is -2.32. The van der Waals surface area contributed by atoms with Crippen LogP contribution < -0.4 is 18.9 Å². The van der Waals surface area contributed by atoms with Gasteiger partial charge in [-0.15, -0.1) is 0 Å². The molecule has 0 aromatic heterocycles. The number of sulfonamides is 1. The molecule has 27 heavy (non-hydrogen) atoms. The van der Waals surface area contributed by atoms with E-state index in [0.29, 0.717) is 55.5 Å². The van der Waals surface area contributed by atoms with Gasteiger partial charge in [-0.3, -0.25) is 0 Å². The van der Waals surface area contributed by atoms with Crippen LogP contribution in [0.4, 0.5) is 4.39 Å². The number of hydrogen-bond donors (Lipinski definition) is 1. The minimum absolute atomic E-state index is 0.0786. The molecule has 2 aliphatic heterocycles. The Kier molecular flexibility index (Phi) is 4.92. The van der Waals surface area contributed by atoms with Crippen LogP contribution in [-0.2, 0) is 10.0 Å². The average Bonchev–Trinajstić information content (AvgIpc) is 2.99. The Labute approximate surface area is 157 Å². The molecule has 2 heterocycles. The van der Waals surface area contributed by atoms with Crippen molar-refractivity contribution >= 4 is 10.0 Å². The van der Waals surface area contributed by atoms with Crippen molar-refractivity contribution in [1.82, 2.24) is 4.72 Å². The van der Waals surface area contributed by atoms with Gasteiger partial charge in [-0.1, -0.05) is 0 Å². The van der Waals surface area contributed by atoms with Crippen LogP contribution in [0, 0.1) is 5.82 Å². The van der Waals surface area contributed by atoms with Gasteiger partial charge in [-0.25, -0.2) is 17.5 Å². The van der Waals surface area contributed by atoms with Gasteiger partial charge < -0.3 is 14.2 Å². The van der Waals surface area contributed by atoms with Gasteiger partial charge in [0.1, 0.15) is 11.6 Å². The molecule has 0 spiro atoms. The third kappa shape index (κ3) is 3.86. The van der Waals surface area contributed by atoms with E-state index in [0.717, 1.165) is 6.42 Å². The van der Waals surface area contributed by atoms with Crippen LogP contribution in [0.5, 0.6) is 17.2 Å². The number of fused-ring (bicyclic) bond motifs is 2. The Morgan fingerprint density at radius 3 is 2.44 bits per heavy atom. The van der Waals surface area contributed by atoms with Crippen molar-refractivity contribution in [3.8, 4) is 17.2 Å². The molecule has 0 saturated carbocycles. The van der Waals surface area contributed by atoms with Crippen LogP contribution in [0.25, 0.3) is 0 Å². The fourth-order valence-corrected chi connectivity index (χ4v) is 4.50. The lowest BCUT2D eigenvalue weighted by Crippen LogP contribution is -2.28. The van der Waals surface area contributed by atoms with Gasteiger partial charge in [0.05, 0.1) is 30.8 Å². The van der Waals surface area contributed by atoms with Crippen molar-refractivity contribution in [3.05, 3.63) is 47.8 Å². The summed E-state index contributed by atoms with van der Waals surface area (Å²) >= 11 is 0. The van der Waals surface area contributed by atoms with E-state index in [4.69, 9.17) is 14.2 Å². The molecule has 8 heteroatoms. The molecule has 2 aromatic rings. The summed E-state index contributed by atoms with van der Waals surface area (Å²) in [6, 6.07) is 8.13. The molecule has 2 aromatic carbocycles. The molecule has 6 nitrogen and oxygen atoms in total. The van der Waals surface area contributed by atoms with Gasteiger partial charge in [0, 0.05) is 18.1 Å². The second kappa shape index (κ2) is 7.36. The van der Waals surface area contributed by atoms with Crippen molar-refractivity contribution in [3.63, 3.8) is 0 Å². The van der Waals surface area contributed by atoms with Crippen LogP contribution in [0.1, 0.15) is 30.9 Å². The van der Waals surface area contributed by atoms with Crippen molar-refractivity contribution in [2.24, 2.45) is 0 Å². The van der Waals surface area contributed by atoms with E-state index in [9.17, 15) is 12.8 Å². The van der Waals surface area contributed by atoms with Gasteiger partial charge in [0.2, 0.25) is 10.0 Å². The van der Waals surface area contributed by atoms with Crippen LogP contribution in [0.3, 0.4) is 0 Å². The zero-order valence-corrected chi connectivity index (χ0v) is 15.4. The summed E-state index contributed by atoms with van der Waals surface area (Å²) in [5, 5.41) is 0. The lowest BCUT2D eigenvalue weighted by atomic mass is 10.0. The highest BCUT2D eigenvalue weighted by Crippen LogP contribution is 2.35. The smallest absolute Gasteiger partial charge is 0.241 e. The third-order valence-electron chi connectivity index (χ3n) is 4.57. The Bertz CT molecular complexity index is 947. The van der Waals surface area contributed by atoms with Gasteiger partial charge in [0.15, 0.2) is 11.5 Å². The monoisotopic (exact) mass is 393 g/mol. The first-order chi connectivity index (χ1) is 13.0. The van der Waals surface area contributed by atoms with E-state index in [-0.39, 0.29) is 4.90 Å². The summed E-state index contributed by atoms with van der Waals surface area (Å²) in [5.41, 5.74) is 0.505. The van der Waals surface area contributed by atoms with E-state index >= 15 is 0 Å². The van der Waals surface area contributed by atoms with Gasteiger partial charge in [-0.2, -0.15) is 0 Å². The van der Waals surface area contributed by atoms with E-state index in [2.05, 4.69) is 4.72 Å². The topological polar surface area (TPSA) is 73.9 Å². The van der Waals surface area contributed by atoms with E-state index in [1.165, 1.54) is 30.3 Å². The fourth-order valence-electron chi connectivity index (χ4n) is 3.24. The highest BCUT2D eigenvalue weighted by molar-refractivity contribution is 7.89. The summed E-state index contributed by atoms with van der Waals surface area (Å²) < 4.78 is 59.0. The predicted molar refractivity (Wildman–Crippen MR) is 96.2 cm³/mol. The summed E-state index contributed by atoms with van der Waals surface area (Å²) in [4.78, 5) is 0.0786. The van der Waals surface area contributed by atoms with Crippen LogP contribution in [0.15, 0.2) is 41.3 Å². The van der Waals surface area contributed by atoms with Gasteiger partial charge in [0.25, 0.3) is 0 Å². The maximum Gasteiger partial charge on any atom is 0.241 e. The summed E-state index contributed by atoms with van der Waals surface area (Å²) in [5.74, 6) is 1.01.